The first-order chi connectivity index (χ1) is 10.9. The van der Waals surface area contributed by atoms with Gasteiger partial charge in [-0.2, -0.15) is 4.74 Å². The van der Waals surface area contributed by atoms with Crippen LogP contribution >= 0.6 is 0 Å². The molecule has 1 aromatic carbocycles. The Morgan fingerprint density at radius 2 is 1.96 bits per heavy atom. The van der Waals surface area contributed by atoms with Crippen molar-refractivity contribution in [3.8, 4) is 0 Å². The molecule has 0 saturated carbocycles. The average molecular weight is 314 g/mol. The smallest absolute Gasteiger partial charge is 0.282 e. The van der Waals surface area contributed by atoms with E-state index in [0.717, 1.165) is 25.8 Å². The van der Waals surface area contributed by atoms with Crippen molar-refractivity contribution in [1.29, 1.82) is 0 Å². The van der Waals surface area contributed by atoms with E-state index < -0.39 is 0 Å². The molecule has 0 spiro atoms. The Bertz CT molecular complexity index is 691. The van der Waals surface area contributed by atoms with Crippen LogP contribution in [0.25, 0.3) is 0 Å². The fourth-order valence-electron chi connectivity index (χ4n) is 3.32. The third-order valence-electron chi connectivity index (χ3n) is 4.70. The topological polar surface area (TPSA) is 47.2 Å². The van der Waals surface area contributed by atoms with Crippen LogP contribution in [0.4, 0.5) is 0 Å². The molecule has 4 nitrogen and oxygen atoms in total. The summed E-state index contributed by atoms with van der Waals surface area (Å²) in [5.41, 5.74) is 2.85. The van der Waals surface area contributed by atoms with Gasteiger partial charge in [-0.25, -0.2) is 0 Å². The molecule has 124 valence electrons. The summed E-state index contributed by atoms with van der Waals surface area (Å²) in [6.07, 6.45) is 4.32. The molecule has 0 bridgehead atoms. The van der Waals surface area contributed by atoms with Crippen LogP contribution in [0.5, 0.6) is 0 Å². The highest BCUT2D eigenvalue weighted by Crippen LogP contribution is 2.25. The van der Waals surface area contributed by atoms with E-state index in [2.05, 4.69) is 50.4 Å². The zero-order chi connectivity index (χ0) is 16.4. The molecule has 2 aromatic rings. The molecular weight excluding hydrogens is 288 g/mol. The van der Waals surface area contributed by atoms with Crippen molar-refractivity contribution in [3.63, 3.8) is 0 Å². The highest BCUT2D eigenvalue weighted by atomic mass is 16.5. The van der Waals surface area contributed by atoms with Crippen LogP contribution in [-0.2, 0) is 11.8 Å². The number of aromatic nitrogens is 1. The van der Waals surface area contributed by atoms with Gasteiger partial charge in [0, 0.05) is 12.1 Å². The Morgan fingerprint density at radius 3 is 2.57 bits per heavy atom. The van der Waals surface area contributed by atoms with Crippen LogP contribution in [-0.4, -0.2) is 17.3 Å². The van der Waals surface area contributed by atoms with Crippen molar-refractivity contribution >= 4 is 0 Å². The molecule has 1 aliphatic rings. The van der Waals surface area contributed by atoms with Gasteiger partial charge >= 0.3 is 0 Å². The third-order valence-corrected chi connectivity index (χ3v) is 4.70. The molecule has 1 fully saturated rings. The number of hydrogen-bond donors (Lipinski definition) is 1. The lowest BCUT2D eigenvalue weighted by atomic mass is 9.86. The van der Waals surface area contributed by atoms with Gasteiger partial charge in [0.2, 0.25) is 0 Å². The van der Waals surface area contributed by atoms with Crippen LogP contribution in [0.2, 0.25) is 0 Å². The SMILES string of the molecule is CC(C)(C)c1ccc(C[C@@H]2C[C@@H](n3occc3=O)CCN2)cc1. The average Bonchev–Trinajstić information content (AvgIpc) is 2.93. The molecule has 1 aliphatic heterocycles. The summed E-state index contributed by atoms with van der Waals surface area (Å²) in [6, 6.07) is 10.9. The summed E-state index contributed by atoms with van der Waals surface area (Å²) in [6.45, 7) is 7.62. The molecule has 4 heteroatoms. The first kappa shape index (κ1) is 16.1. The van der Waals surface area contributed by atoms with Crippen LogP contribution in [0.15, 0.2) is 45.9 Å². The third kappa shape index (κ3) is 3.75. The van der Waals surface area contributed by atoms with E-state index in [1.165, 1.54) is 28.2 Å². The minimum Gasteiger partial charge on any atom is -0.384 e. The molecule has 0 amide bonds. The molecule has 2 atom stereocenters. The second-order valence-electron chi connectivity index (χ2n) is 7.55. The van der Waals surface area contributed by atoms with Gasteiger partial charge in [-0.3, -0.25) is 4.79 Å². The molecule has 3 rings (SSSR count). The van der Waals surface area contributed by atoms with Gasteiger partial charge in [-0.05, 0) is 42.3 Å². The first-order valence-electron chi connectivity index (χ1n) is 8.43. The maximum absolute atomic E-state index is 11.8. The highest BCUT2D eigenvalue weighted by molar-refractivity contribution is 5.28. The molecule has 1 N–H and O–H groups in total. The minimum atomic E-state index is -0.0369. The lowest BCUT2D eigenvalue weighted by Crippen LogP contribution is -2.41. The molecule has 0 unspecified atom stereocenters. The van der Waals surface area contributed by atoms with Gasteiger partial charge in [-0.15, -0.1) is 0 Å². The Morgan fingerprint density at radius 1 is 1.22 bits per heavy atom. The molecule has 0 aliphatic carbocycles. The van der Waals surface area contributed by atoms with Gasteiger partial charge in [0.1, 0.15) is 6.26 Å². The summed E-state index contributed by atoms with van der Waals surface area (Å²) < 4.78 is 6.86. The van der Waals surface area contributed by atoms with Crippen molar-refractivity contribution in [3.05, 3.63) is 58.1 Å². The number of piperidine rings is 1. The number of rotatable bonds is 3. The minimum absolute atomic E-state index is 0.0369. The van der Waals surface area contributed by atoms with Crippen molar-refractivity contribution in [2.24, 2.45) is 0 Å². The Hall–Kier alpha value is -1.81. The fourth-order valence-corrected chi connectivity index (χ4v) is 3.32. The van der Waals surface area contributed by atoms with E-state index >= 15 is 0 Å². The van der Waals surface area contributed by atoms with E-state index in [0.29, 0.717) is 6.04 Å². The summed E-state index contributed by atoms with van der Waals surface area (Å²) in [5.74, 6) is 0. The normalized spacial score (nSPS) is 22.2. The Kier molecular flexibility index (Phi) is 4.44. The van der Waals surface area contributed by atoms with Crippen LogP contribution < -0.4 is 10.9 Å². The van der Waals surface area contributed by atoms with Crippen molar-refractivity contribution < 1.29 is 4.52 Å². The highest BCUT2D eigenvalue weighted by Gasteiger charge is 2.25. The molecule has 1 saturated heterocycles. The Labute approximate surface area is 137 Å². The molecular formula is C19H26N2O2. The fraction of sp³-hybridized carbons (Fsp3) is 0.526. The van der Waals surface area contributed by atoms with E-state index in [9.17, 15) is 4.79 Å². The van der Waals surface area contributed by atoms with Crippen LogP contribution in [0.1, 0.15) is 50.8 Å². The lowest BCUT2D eigenvalue weighted by Gasteiger charge is -2.30. The number of benzene rings is 1. The van der Waals surface area contributed by atoms with E-state index in [4.69, 9.17) is 4.52 Å². The van der Waals surface area contributed by atoms with Crippen molar-refractivity contribution in [1.82, 2.24) is 10.1 Å². The largest absolute Gasteiger partial charge is 0.384 e. The molecule has 2 heterocycles. The summed E-state index contributed by atoms with van der Waals surface area (Å²) in [5, 5.41) is 3.57. The lowest BCUT2D eigenvalue weighted by molar-refractivity contribution is 0.161. The standard InChI is InChI=1S/C19H26N2O2/c1-19(2,3)15-6-4-14(5-7-15)12-16-13-17(8-10-20-16)21-18(22)9-11-23-21/h4-7,9,11,16-17,20H,8,10,12-13H2,1-3H3/t16-,17+/m1/s1. The van der Waals surface area contributed by atoms with Gasteiger partial charge in [0.25, 0.3) is 5.56 Å². The van der Waals surface area contributed by atoms with Crippen molar-refractivity contribution in [2.75, 3.05) is 6.54 Å². The van der Waals surface area contributed by atoms with Crippen molar-refractivity contribution in [2.45, 2.75) is 57.5 Å². The Balaban J connectivity index is 1.66. The quantitative estimate of drug-likeness (QED) is 0.946. The van der Waals surface area contributed by atoms with Gasteiger partial charge in [0.05, 0.1) is 6.04 Å². The van der Waals surface area contributed by atoms with Gasteiger partial charge in [0.15, 0.2) is 0 Å². The van der Waals surface area contributed by atoms with E-state index in [1.54, 1.807) is 0 Å². The second kappa shape index (κ2) is 6.36. The van der Waals surface area contributed by atoms with E-state index in [1.807, 2.05) is 0 Å². The molecule has 0 radical (unpaired) electrons. The second-order valence-corrected chi connectivity index (χ2v) is 7.55. The monoisotopic (exact) mass is 314 g/mol. The maximum atomic E-state index is 11.8. The first-order valence-corrected chi connectivity index (χ1v) is 8.43. The summed E-state index contributed by atoms with van der Waals surface area (Å²) in [4.78, 5) is 11.8. The number of nitrogens with one attached hydrogen (secondary N) is 1. The number of nitrogens with zero attached hydrogens (tertiary/aromatic N) is 1. The van der Waals surface area contributed by atoms with Gasteiger partial charge in [-0.1, -0.05) is 45.0 Å². The maximum Gasteiger partial charge on any atom is 0.282 e. The van der Waals surface area contributed by atoms with E-state index in [-0.39, 0.29) is 17.0 Å². The molecule has 1 aromatic heterocycles. The predicted molar refractivity (Wildman–Crippen MR) is 91.9 cm³/mol. The molecule has 23 heavy (non-hydrogen) atoms. The number of hydrogen-bond acceptors (Lipinski definition) is 3. The zero-order valence-electron chi connectivity index (χ0n) is 14.2. The van der Waals surface area contributed by atoms with Crippen LogP contribution in [0, 0.1) is 0 Å². The zero-order valence-corrected chi connectivity index (χ0v) is 14.2. The summed E-state index contributed by atoms with van der Waals surface area (Å²) in [7, 11) is 0. The predicted octanol–water partition coefficient (Wildman–Crippen LogP) is 3.27. The van der Waals surface area contributed by atoms with Crippen LogP contribution in [0.3, 0.4) is 0 Å². The van der Waals surface area contributed by atoms with Gasteiger partial charge < -0.3 is 9.84 Å². The summed E-state index contributed by atoms with van der Waals surface area (Å²) >= 11 is 0.